The van der Waals surface area contributed by atoms with E-state index in [0.717, 1.165) is 22.2 Å². The first-order valence-corrected chi connectivity index (χ1v) is 8.69. The lowest BCUT2D eigenvalue weighted by molar-refractivity contribution is 0.0596. The first-order valence-electron chi connectivity index (χ1n) is 7.87. The molecular weight excluding hydrogens is 353 g/mol. The fourth-order valence-corrected chi connectivity index (χ4v) is 3.87. The maximum Gasteiger partial charge on any atom is 0.358 e. The normalized spacial score (nSPS) is 11.0. The molecular formula is C19H14FN3O2S. The lowest BCUT2D eigenvalue weighted by atomic mass is 10.1. The Bertz CT molecular complexity index is 1120. The lowest BCUT2D eigenvalue weighted by Crippen LogP contribution is -2.03. The molecule has 130 valence electrons. The van der Waals surface area contributed by atoms with Crippen LogP contribution in [0.15, 0.2) is 42.5 Å². The summed E-state index contributed by atoms with van der Waals surface area (Å²) in [5.41, 5.74) is 3.56. The zero-order chi connectivity index (χ0) is 18.3. The highest BCUT2D eigenvalue weighted by Gasteiger charge is 2.23. The molecule has 5 nitrogen and oxygen atoms in total. The highest BCUT2D eigenvalue weighted by Crippen LogP contribution is 2.37. The number of rotatable bonds is 3. The first-order chi connectivity index (χ1) is 12.6. The SMILES string of the molecule is COC(=O)c1nc(-c2[nH]nc3c(C)cccc23)sc1-c1ccc(F)cc1. The van der Waals surface area contributed by atoms with Gasteiger partial charge in [0.1, 0.15) is 16.5 Å². The van der Waals surface area contributed by atoms with E-state index in [1.54, 1.807) is 12.1 Å². The summed E-state index contributed by atoms with van der Waals surface area (Å²) in [5.74, 6) is -0.875. The number of ether oxygens (including phenoxy) is 1. The number of hydrogen-bond donors (Lipinski definition) is 1. The number of nitrogens with one attached hydrogen (secondary N) is 1. The number of methoxy groups -OCH3 is 1. The molecule has 7 heteroatoms. The van der Waals surface area contributed by atoms with E-state index in [1.165, 1.54) is 30.6 Å². The van der Waals surface area contributed by atoms with Gasteiger partial charge in [-0.1, -0.05) is 30.3 Å². The van der Waals surface area contributed by atoms with Crippen LogP contribution in [-0.2, 0) is 4.74 Å². The van der Waals surface area contributed by atoms with Gasteiger partial charge in [-0.25, -0.2) is 14.2 Å². The van der Waals surface area contributed by atoms with E-state index in [1.807, 2.05) is 25.1 Å². The van der Waals surface area contributed by atoms with Crippen LogP contribution >= 0.6 is 11.3 Å². The molecule has 4 rings (SSSR count). The van der Waals surface area contributed by atoms with Crippen LogP contribution in [0.2, 0.25) is 0 Å². The monoisotopic (exact) mass is 367 g/mol. The molecule has 0 atom stereocenters. The number of fused-ring (bicyclic) bond motifs is 1. The molecule has 2 aromatic carbocycles. The van der Waals surface area contributed by atoms with Gasteiger partial charge < -0.3 is 4.74 Å². The van der Waals surface area contributed by atoms with Crippen molar-refractivity contribution in [1.29, 1.82) is 0 Å². The number of aromatic amines is 1. The predicted molar refractivity (Wildman–Crippen MR) is 98.7 cm³/mol. The molecule has 0 saturated heterocycles. The van der Waals surface area contributed by atoms with Crippen molar-refractivity contribution in [3.05, 3.63) is 59.5 Å². The lowest BCUT2D eigenvalue weighted by Gasteiger charge is -2.00. The number of para-hydroxylation sites is 1. The average molecular weight is 367 g/mol. The van der Waals surface area contributed by atoms with Crippen LogP contribution < -0.4 is 0 Å². The van der Waals surface area contributed by atoms with Crippen LogP contribution in [0.5, 0.6) is 0 Å². The second-order valence-electron chi connectivity index (χ2n) is 5.76. The molecule has 0 spiro atoms. The Kier molecular flexibility index (Phi) is 4.00. The van der Waals surface area contributed by atoms with Crippen molar-refractivity contribution in [2.24, 2.45) is 0 Å². The minimum Gasteiger partial charge on any atom is -0.464 e. The van der Waals surface area contributed by atoms with E-state index in [2.05, 4.69) is 15.2 Å². The number of nitrogens with zero attached hydrogens (tertiary/aromatic N) is 2. The summed E-state index contributed by atoms with van der Waals surface area (Å²) in [6.45, 7) is 1.98. The van der Waals surface area contributed by atoms with E-state index < -0.39 is 5.97 Å². The van der Waals surface area contributed by atoms with Crippen LogP contribution in [0, 0.1) is 12.7 Å². The number of aryl methyl sites for hydroxylation is 1. The van der Waals surface area contributed by atoms with E-state index in [9.17, 15) is 9.18 Å². The zero-order valence-electron chi connectivity index (χ0n) is 14.0. The van der Waals surface area contributed by atoms with Crippen molar-refractivity contribution in [2.75, 3.05) is 7.11 Å². The maximum atomic E-state index is 13.3. The molecule has 0 bridgehead atoms. The Balaban J connectivity index is 1.91. The molecule has 26 heavy (non-hydrogen) atoms. The van der Waals surface area contributed by atoms with Crippen LogP contribution in [0.1, 0.15) is 16.1 Å². The van der Waals surface area contributed by atoms with Gasteiger partial charge >= 0.3 is 5.97 Å². The van der Waals surface area contributed by atoms with Crippen molar-refractivity contribution in [3.8, 4) is 21.1 Å². The van der Waals surface area contributed by atoms with Gasteiger partial charge in [-0.2, -0.15) is 5.10 Å². The summed E-state index contributed by atoms with van der Waals surface area (Å²) in [5, 5.41) is 8.93. The fourth-order valence-electron chi connectivity index (χ4n) is 2.80. The third-order valence-corrected chi connectivity index (χ3v) is 5.23. The summed E-state index contributed by atoms with van der Waals surface area (Å²) in [6, 6.07) is 11.8. The number of esters is 1. The minimum atomic E-state index is -0.535. The molecule has 0 aliphatic carbocycles. The Hall–Kier alpha value is -3.06. The molecule has 0 radical (unpaired) electrons. The van der Waals surface area contributed by atoms with Crippen LogP contribution in [0.4, 0.5) is 4.39 Å². The van der Waals surface area contributed by atoms with Crippen LogP contribution in [-0.4, -0.2) is 28.3 Å². The van der Waals surface area contributed by atoms with Gasteiger partial charge in [0, 0.05) is 5.39 Å². The number of aromatic nitrogens is 3. The number of thiazole rings is 1. The van der Waals surface area contributed by atoms with Gasteiger partial charge in [0.15, 0.2) is 5.69 Å². The number of hydrogen-bond acceptors (Lipinski definition) is 5. The summed E-state index contributed by atoms with van der Waals surface area (Å²) < 4.78 is 18.1. The van der Waals surface area contributed by atoms with Crippen LogP contribution in [0.3, 0.4) is 0 Å². The number of halogens is 1. The average Bonchev–Trinajstić information content (AvgIpc) is 3.26. The topological polar surface area (TPSA) is 67.9 Å². The number of carbonyl (C=O) groups is 1. The summed E-state index contributed by atoms with van der Waals surface area (Å²) in [6.07, 6.45) is 0. The predicted octanol–water partition coefficient (Wildman–Crippen LogP) is 4.59. The van der Waals surface area contributed by atoms with Crippen molar-refractivity contribution < 1.29 is 13.9 Å². The van der Waals surface area contributed by atoms with E-state index in [0.29, 0.717) is 15.4 Å². The van der Waals surface area contributed by atoms with Crippen molar-refractivity contribution >= 4 is 28.2 Å². The zero-order valence-corrected chi connectivity index (χ0v) is 14.9. The van der Waals surface area contributed by atoms with E-state index in [-0.39, 0.29) is 11.5 Å². The molecule has 4 aromatic rings. The molecule has 0 fully saturated rings. The second-order valence-corrected chi connectivity index (χ2v) is 6.76. The maximum absolute atomic E-state index is 13.3. The first kappa shape index (κ1) is 16.4. The fraction of sp³-hybridized carbons (Fsp3) is 0.105. The van der Waals surface area contributed by atoms with Gasteiger partial charge in [0.25, 0.3) is 0 Å². The van der Waals surface area contributed by atoms with Crippen molar-refractivity contribution in [2.45, 2.75) is 6.92 Å². The van der Waals surface area contributed by atoms with Gasteiger partial charge in [-0.3, -0.25) is 5.10 Å². The standard InChI is InChI=1S/C19H14FN3O2S/c1-10-4-3-5-13-14(10)22-23-15(13)18-21-16(19(24)25-2)17(26-18)11-6-8-12(20)9-7-11/h3-9H,1-2H3,(H,22,23). The van der Waals surface area contributed by atoms with E-state index in [4.69, 9.17) is 4.74 Å². The number of carbonyl (C=O) groups excluding carboxylic acids is 1. The Morgan fingerprint density at radius 3 is 2.69 bits per heavy atom. The van der Waals surface area contributed by atoms with Gasteiger partial charge in [0.2, 0.25) is 0 Å². The third-order valence-electron chi connectivity index (χ3n) is 4.11. The summed E-state index contributed by atoms with van der Waals surface area (Å²) in [4.78, 5) is 17.3. The summed E-state index contributed by atoms with van der Waals surface area (Å²) in [7, 11) is 1.31. The molecule has 0 aliphatic heterocycles. The molecule has 2 heterocycles. The largest absolute Gasteiger partial charge is 0.464 e. The van der Waals surface area contributed by atoms with Crippen molar-refractivity contribution in [1.82, 2.24) is 15.2 Å². The Labute approximate surface area is 152 Å². The molecule has 0 unspecified atom stereocenters. The number of H-pyrrole nitrogens is 1. The van der Waals surface area contributed by atoms with E-state index >= 15 is 0 Å². The highest BCUT2D eigenvalue weighted by molar-refractivity contribution is 7.18. The van der Waals surface area contributed by atoms with Gasteiger partial charge in [-0.15, -0.1) is 11.3 Å². The highest BCUT2D eigenvalue weighted by atomic mass is 32.1. The smallest absolute Gasteiger partial charge is 0.358 e. The quantitative estimate of drug-likeness (QED) is 0.538. The Morgan fingerprint density at radius 2 is 1.96 bits per heavy atom. The van der Waals surface area contributed by atoms with Gasteiger partial charge in [0.05, 0.1) is 17.5 Å². The summed E-state index contributed by atoms with van der Waals surface area (Å²) >= 11 is 1.33. The molecule has 0 amide bonds. The molecule has 2 aromatic heterocycles. The van der Waals surface area contributed by atoms with Gasteiger partial charge in [-0.05, 0) is 30.2 Å². The molecule has 0 saturated carbocycles. The van der Waals surface area contributed by atoms with Crippen LogP contribution in [0.25, 0.3) is 32.0 Å². The molecule has 0 aliphatic rings. The minimum absolute atomic E-state index is 0.203. The third kappa shape index (κ3) is 2.66. The molecule has 1 N–H and O–H groups in total. The Morgan fingerprint density at radius 1 is 1.19 bits per heavy atom. The van der Waals surface area contributed by atoms with Crippen molar-refractivity contribution in [3.63, 3.8) is 0 Å². The second kappa shape index (κ2) is 6.34. The number of benzene rings is 2.